The Labute approximate surface area is 186 Å². The summed E-state index contributed by atoms with van der Waals surface area (Å²) in [6.45, 7) is 0.794. The summed E-state index contributed by atoms with van der Waals surface area (Å²) in [4.78, 5) is 7.50. The number of aromatic amines is 1. The third-order valence-corrected chi connectivity index (χ3v) is 5.12. The Morgan fingerprint density at radius 2 is 1.79 bits per heavy atom. The summed E-state index contributed by atoms with van der Waals surface area (Å²) >= 11 is 0. The summed E-state index contributed by atoms with van der Waals surface area (Å²) in [6.07, 6.45) is 1.16. The molecule has 0 bridgehead atoms. The summed E-state index contributed by atoms with van der Waals surface area (Å²) in [5, 5.41) is 7.43. The molecule has 3 rings (SSSR count). The van der Waals surface area contributed by atoms with Gasteiger partial charge in [0.25, 0.3) is 0 Å². The van der Waals surface area contributed by atoms with E-state index in [-0.39, 0.29) is 36.3 Å². The third kappa shape index (κ3) is 6.70. The lowest BCUT2D eigenvalue weighted by Crippen LogP contribution is -2.36. The first kappa shape index (κ1) is 23.1. The van der Waals surface area contributed by atoms with Crippen molar-refractivity contribution in [2.75, 3.05) is 13.3 Å². The number of nitrogens with zero attached hydrogens (tertiary/aromatic N) is 1. The Balaban J connectivity index is 0.00000300. The minimum atomic E-state index is -3.22. The fourth-order valence-electron chi connectivity index (χ4n) is 2.99. The molecule has 2 aromatic carbocycles. The molecule has 0 unspecified atom stereocenters. The number of aliphatic imine (C=N–C) groups is 1. The van der Waals surface area contributed by atoms with Crippen molar-refractivity contribution in [3.63, 3.8) is 0 Å². The molecule has 0 radical (unpaired) electrons. The average Bonchev–Trinajstić information content (AvgIpc) is 3.05. The normalized spacial score (nSPS) is 11.9. The van der Waals surface area contributed by atoms with E-state index < -0.39 is 15.7 Å². The zero-order chi connectivity index (χ0) is 20.1. The second-order valence-corrected chi connectivity index (χ2v) is 8.78. The van der Waals surface area contributed by atoms with E-state index in [1.54, 1.807) is 7.05 Å². The Morgan fingerprint density at radius 3 is 2.48 bits per heavy atom. The second kappa shape index (κ2) is 10.1. The second-order valence-electron chi connectivity index (χ2n) is 6.64. The van der Waals surface area contributed by atoms with Crippen molar-refractivity contribution < 1.29 is 12.8 Å². The molecule has 29 heavy (non-hydrogen) atoms. The van der Waals surface area contributed by atoms with Gasteiger partial charge in [0, 0.05) is 31.1 Å². The van der Waals surface area contributed by atoms with E-state index in [9.17, 15) is 12.8 Å². The van der Waals surface area contributed by atoms with Crippen LogP contribution < -0.4 is 10.6 Å². The van der Waals surface area contributed by atoms with E-state index in [2.05, 4.69) is 26.7 Å². The van der Waals surface area contributed by atoms with Crippen LogP contribution in [0.2, 0.25) is 0 Å². The van der Waals surface area contributed by atoms with Crippen molar-refractivity contribution in [3.8, 4) is 0 Å². The molecule has 0 saturated carbocycles. The quantitative estimate of drug-likeness (QED) is 0.259. The highest BCUT2D eigenvalue weighted by molar-refractivity contribution is 14.0. The molecule has 0 aliphatic carbocycles. The summed E-state index contributed by atoms with van der Waals surface area (Å²) in [7, 11) is -1.57. The first-order valence-electron chi connectivity index (χ1n) is 8.80. The molecule has 1 aromatic heterocycles. The van der Waals surface area contributed by atoms with Gasteiger partial charge in [-0.05, 0) is 40.8 Å². The molecule has 3 N–H and O–H groups in total. The zero-order valence-corrected chi connectivity index (χ0v) is 19.3. The number of rotatable bonds is 6. The lowest BCUT2D eigenvalue weighted by atomic mass is 10.1. The van der Waals surface area contributed by atoms with Gasteiger partial charge in [-0.1, -0.05) is 24.3 Å². The van der Waals surface area contributed by atoms with Crippen molar-refractivity contribution in [1.29, 1.82) is 0 Å². The van der Waals surface area contributed by atoms with E-state index in [0.717, 1.165) is 22.9 Å². The van der Waals surface area contributed by atoms with Gasteiger partial charge in [0.05, 0.1) is 12.3 Å². The standard InChI is InChI=1S/C20H23FN4O2S.HI/c1-22-20(24-12-18-10-14-5-3-4-6-19(14)25-18)23-11-16-9-17(21)8-7-15(16)13-28(2,26)27;/h3-10,25H,11-13H2,1-2H3,(H2,22,23,24);1H. The minimum Gasteiger partial charge on any atom is -0.357 e. The lowest BCUT2D eigenvalue weighted by molar-refractivity contribution is 0.599. The maximum atomic E-state index is 13.6. The molecule has 156 valence electrons. The number of nitrogens with one attached hydrogen (secondary N) is 3. The molecular weight excluding hydrogens is 506 g/mol. The predicted molar refractivity (Wildman–Crippen MR) is 126 cm³/mol. The predicted octanol–water partition coefficient (Wildman–Crippen LogP) is 3.33. The fourth-order valence-corrected chi connectivity index (χ4v) is 3.84. The van der Waals surface area contributed by atoms with Crippen LogP contribution in [0.3, 0.4) is 0 Å². The van der Waals surface area contributed by atoms with Crippen LogP contribution in [0.25, 0.3) is 10.9 Å². The van der Waals surface area contributed by atoms with Gasteiger partial charge in [-0.25, -0.2) is 12.8 Å². The molecule has 9 heteroatoms. The van der Waals surface area contributed by atoms with Crippen LogP contribution in [0, 0.1) is 5.82 Å². The zero-order valence-electron chi connectivity index (χ0n) is 16.2. The van der Waals surface area contributed by atoms with Gasteiger partial charge < -0.3 is 15.6 Å². The van der Waals surface area contributed by atoms with Gasteiger partial charge in [0.15, 0.2) is 15.8 Å². The van der Waals surface area contributed by atoms with Gasteiger partial charge in [0.2, 0.25) is 0 Å². The van der Waals surface area contributed by atoms with Crippen molar-refractivity contribution in [1.82, 2.24) is 15.6 Å². The first-order chi connectivity index (χ1) is 13.3. The van der Waals surface area contributed by atoms with Crippen LogP contribution in [-0.4, -0.2) is 32.7 Å². The molecule has 0 aliphatic heterocycles. The topological polar surface area (TPSA) is 86.3 Å². The van der Waals surface area contributed by atoms with Gasteiger partial charge in [0.1, 0.15) is 5.82 Å². The number of para-hydroxylation sites is 1. The number of fused-ring (bicyclic) bond motifs is 1. The first-order valence-corrected chi connectivity index (χ1v) is 10.9. The molecule has 0 atom stereocenters. The van der Waals surface area contributed by atoms with Gasteiger partial charge in [-0.2, -0.15) is 0 Å². The van der Waals surface area contributed by atoms with Crippen molar-refractivity contribution in [2.24, 2.45) is 4.99 Å². The molecule has 3 aromatic rings. The van der Waals surface area contributed by atoms with E-state index in [0.29, 0.717) is 23.6 Å². The Hall–Kier alpha value is -2.14. The van der Waals surface area contributed by atoms with Crippen molar-refractivity contribution in [2.45, 2.75) is 18.8 Å². The SMILES string of the molecule is CN=C(NCc1cc2ccccc2[nH]1)NCc1cc(F)ccc1CS(C)(=O)=O.I. The van der Waals surface area contributed by atoms with Gasteiger partial charge >= 0.3 is 0 Å². The molecule has 6 nitrogen and oxygen atoms in total. The molecule has 0 spiro atoms. The Morgan fingerprint density at radius 1 is 1.07 bits per heavy atom. The number of halogens is 2. The average molecular weight is 530 g/mol. The Kier molecular flexibility index (Phi) is 8.03. The maximum absolute atomic E-state index is 13.6. The monoisotopic (exact) mass is 530 g/mol. The largest absolute Gasteiger partial charge is 0.357 e. The number of hydrogen-bond acceptors (Lipinski definition) is 3. The van der Waals surface area contributed by atoms with Crippen LogP contribution in [0.1, 0.15) is 16.8 Å². The van der Waals surface area contributed by atoms with Crippen LogP contribution in [0.15, 0.2) is 53.5 Å². The number of hydrogen-bond donors (Lipinski definition) is 3. The van der Waals surface area contributed by atoms with E-state index in [1.165, 1.54) is 18.2 Å². The van der Waals surface area contributed by atoms with Crippen molar-refractivity contribution >= 4 is 50.7 Å². The summed E-state index contributed by atoms with van der Waals surface area (Å²) < 4.78 is 36.9. The molecular formula is C20H24FIN4O2S. The van der Waals surface area contributed by atoms with Crippen molar-refractivity contribution in [3.05, 3.63) is 71.2 Å². The third-order valence-electron chi connectivity index (χ3n) is 4.29. The number of H-pyrrole nitrogens is 1. The van der Waals surface area contributed by atoms with Crippen LogP contribution >= 0.6 is 24.0 Å². The molecule has 0 saturated heterocycles. The molecule has 1 heterocycles. The molecule has 0 amide bonds. The molecule has 0 fully saturated rings. The Bertz CT molecular complexity index is 1080. The van der Waals surface area contributed by atoms with E-state index in [4.69, 9.17) is 0 Å². The highest BCUT2D eigenvalue weighted by atomic mass is 127. The number of guanidine groups is 1. The van der Waals surface area contributed by atoms with E-state index in [1.807, 2.05) is 24.3 Å². The smallest absolute Gasteiger partial charge is 0.191 e. The van der Waals surface area contributed by atoms with Crippen LogP contribution in [-0.2, 0) is 28.7 Å². The number of sulfone groups is 1. The van der Waals surface area contributed by atoms with Crippen LogP contribution in [0.5, 0.6) is 0 Å². The number of benzene rings is 2. The van der Waals surface area contributed by atoms with Crippen LogP contribution in [0.4, 0.5) is 4.39 Å². The number of aromatic nitrogens is 1. The fraction of sp³-hybridized carbons (Fsp3) is 0.250. The lowest BCUT2D eigenvalue weighted by Gasteiger charge is -2.14. The highest BCUT2D eigenvalue weighted by Gasteiger charge is 2.11. The van der Waals surface area contributed by atoms with E-state index >= 15 is 0 Å². The highest BCUT2D eigenvalue weighted by Crippen LogP contribution is 2.15. The minimum absolute atomic E-state index is 0. The van der Waals surface area contributed by atoms with Gasteiger partial charge in [-0.3, -0.25) is 4.99 Å². The summed E-state index contributed by atoms with van der Waals surface area (Å²) in [5.74, 6) is -0.00549. The maximum Gasteiger partial charge on any atom is 0.191 e. The summed E-state index contributed by atoms with van der Waals surface area (Å²) in [6, 6.07) is 14.2. The van der Waals surface area contributed by atoms with Gasteiger partial charge in [-0.15, -0.1) is 24.0 Å². The molecule has 0 aliphatic rings. The summed E-state index contributed by atoms with van der Waals surface area (Å²) in [5.41, 5.74) is 3.22.